The van der Waals surface area contributed by atoms with Crippen molar-refractivity contribution in [1.82, 2.24) is 0 Å². The van der Waals surface area contributed by atoms with Gasteiger partial charge in [0.15, 0.2) is 0 Å². The predicted molar refractivity (Wildman–Crippen MR) is 184 cm³/mol. The van der Waals surface area contributed by atoms with E-state index >= 15 is 0 Å². The average molecular weight is 635 g/mol. The highest BCUT2D eigenvalue weighted by Gasteiger charge is 2.41. The molecular formula is C34H68O6P2. The Bertz CT molecular complexity index is 813. The van der Waals surface area contributed by atoms with Crippen molar-refractivity contribution in [2.24, 2.45) is 29.1 Å². The minimum Gasteiger partial charge on any atom is -0.462 e. The average Bonchev–Trinajstić information content (AvgIpc) is 2.93. The lowest BCUT2D eigenvalue weighted by atomic mass is 9.65. The van der Waals surface area contributed by atoms with Gasteiger partial charge in [0.2, 0.25) is 7.37 Å². The number of carbonyl (C=O) groups excluding carboxylic acids is 1. The number of carbonyl (C=O) groups is 1. The molecule has 0 aromatic heterocycles. The van der Waals surface area contributed by atoms with Crippen molar-refractivity contribution in [1.29, 1.82) is 0 Å². The fraction of sp³-hybridized carbons (Fsp3) is 0.853. The van der Waals surface area contributed by atoms with Gasteiger partial charge in [-0.05, 0) is 54.7 Å². The highest BCUT2D eigenvalue weighted by molar-refractivity contribution is 7.63. The first-order valence-electron chi connectivity index (χ1n) is 16.4. The Morgan fingerprint density at radius 3 is 2.12 bits per heavy atom. The summed E-state index contributed by atoms with van der Waals surface area (Å²) in [6.45, 7) is 28.8. The first kappa shape index (κ1) is 43.6. The molecule has 250 valence electrons. The largest absolute Gasteiger partial charge is 0.462 e. The van der Waals surface area contributed by atoms with Crippen molar-refractivity contribution in [2.45, 2.75) is 134 Å². The minimum absolute atomic E-state index is 0.0186. The summed E-state index contributed by atoms with van der Waals surface area (Å²) in [6.07, 6.45) is 10.7. The fourth-order valence-corrected chi connectivity index (χ4v) is 7.52. The van der Waals surface area contributed by atoms with Gasteiger partial charge >= 0.3 is 5.97 Å². The molecule has 6 unspecified atom stereocenters. The molecular weight excluding hydrogens is 566 g/mol. The van der Waals surface area contributed by atoms with Gasteiger partial charge in [-0.2, -0.15) is 0 Å². The van der Waals surface area contributed by atoms with E-state index in [2.05, 4.69) is 59.8 Å². The summed E-state index contributed by atoms with van der Waals surface area (Å²) >= 11 is 0. The van der Waals surface area contributed by atoms with Gasteiger partial charge in [0, 0.05) is 34.9 Å². The molecule has 1 fully saturated rings. The standard InChI is InChI=1S/C23H38O6P2.C5H12.3C2H6/c1-15-10-17-7-6-16(2)20(9-8-18-12-19(26-3)13-22(24)28-18)23(17)21(11-15)27-14-31(5,25)29-30-4;1-5(2,3)4;3*1-2/h6-7,10,15-16,18-21,23,30H,8-9,11-14H2,1-5H3;1-4H3;3*1-2H3/t15-,16?,18+,19?,20?,21-,23?,31?;;;;/m0..../s1. The summed E-state index contributed by atoms with van der Waals surface area (Å²) < 4.78 is 35.4. The fourth-order valence-electron chi connectivity index (χ4n) is 5.30. The Labute approximate surface area is 262 Å². The summed E-state index contributed by atoms with van der Waals surface area (Å²) in [5, 5.41) is 0. The summed E-state index contributed by atoms with van der Waals surface area (Å²) in [4.78, 5) is 11.9. The van der Waals surface area contributed by atoms with Gasteiger partial charge in [0.05, 0.1) is 18.6 Å². The molecule has 1 saturated heterocycles. The Kier molecular flexibility index (Phi) is 23.8. The van der Waals surface area contributed by atoms with Gasteiger partial charge in [0.25, 0.3) is 0 Å². The number of rotatable bonds is 9. The van der Waals surface area contributed by atoms with Crippen molar-refractivity contribution in [2.75, 3.05) is 26.8 Å². The first-order valence-corrected chi connectivity index (χ1v) is 20.0. The second-order valence-corrected chi connectivity index (χ2v) is 15.8. The number of cyclic esters (lactones) is 1. The van der Waals surface area contributed by atoms with Gasteiger partial charge in [-0.15, -0.1) is 0 Å². The summed E-state index contributed by atoms with van der Waals surface area (Å²) in [7, 11) is -0.881. The van der Waals surface area contributed by atoms with Gasteiger partial charge in [-0.3, -0.25) is 9.36 Å². The molecule has 0 aromatic carbocycles. The van der Waals surface area contributed by atoms with Crippen LogP contribution in [0.4, 0.5) is 0 Å². The number of allylic oxidation sites excluding steroid dienone is 3. The molecule has 3 aliphatic rings. The number of ether oxygens (including phenoxy) is 3. The molecule has 8 heteroatoms. The third-order valence-electron chi connectivity index (χ3n) is 6.78. The van der Waals surface area contributed by atoms with Crippen LogP contribution in [0.15, 0.2) is 23.8 Å². The van der Waals surface area contributed by atoms with E-state index in [0.717, 1.165) is 25.7 Å². The zero-order valence-corrected chi connectivity index (χ0v) is 31.8. The molecule has 1 heterocycles. The Morgan fingerprint density at radius 1 is 1.02 bits per heavy atom. The molecule has 0 aromatic rings. The molecule has 0 spiro atoms. The van der Waals surface area contributed by atoms with Crippen molar-refractivity contribution in [3.05, 3.63) is 23.8 Å². The van der Waals surface area contributed by atoms with E-state index in [0.29, 0.717) is 29.6 Å². The molecule has 0 saturated carbocycles. The molecule has 0 N–H and O–H groups in total. The Hall–Kier alpha value is -0.510. The van der Waals surface area contributed by atoms with Crippen LogP contribution in [0.1, 0.15) is 115 Å². The van der Waals surface area contributed by atoms with Crippen LogP contribution in [0.25, 0.3) is 0 Å². The quantitative estimate of drug-likeness (QED) is 0.186. The van der Waals surface area contributed by atoms with Crippen molar-refractivity contribution >= 4 is 22.1 Å². The van der Waals surface area contributed by atoms with Gasteiger partial charge in [-0.1, -0.05) is 101 Å². The van der Waals surface area contributed by atoms with Crippen molar-refractivity contribution in [3.8, 4) is 0 Å². The molecule has 3 rings (SSSR count). The van der Waals surface area contributed by atoms with E-state index < -0.39 is 7.37 Å². The lowest BCUT2D eigenvalue weighted by Gasteiger charge is -2.44. The van der Waals surface area contributed by atoms with Crippen molar-refractivity contribution in [3.63, 3.8) is 0 Å². The maximum absolute atomic E-state index is 12.6. The SMILES string of the molecule is CC.CC.CC.CC(C)(C)C.COC1CC(=O)O[C@H](CCC2C(C)C=CC3=C[C@H](C)C[C@H](OCP(C)(=O)OPC)C32)C1. The third kappa shape index (κ3) is 17.7. The summed E-state index contributed by atoms with van der Waals surface area (Å²) in [6, 6.07) is 0. The zero-order chi connectivity index (χ0) is 33.1. The van der Waals surface area contributed by atoms with E-state index in [4.69, 9.17) is 18.5 Å². The smallest absolute Gasteiger partial charge is 0.308 e. The van der Waals surface area contributed by atoms with E-state index in [-0.39, 0.29) is 45.4 Å². The summed E-state index contributed by atoms with van der Waals surface area (Å²) in [5.74, 6) is 1.31. The highest BCUT2D eigenvalue weighted by Crippen LogP contribution is 2.50. The minimum atomic E-state index is -2.73. The lowest BCUT2D eigenvalue weighted by molar-refractivity contribution is -0.162. The monoisotopic (exact) mass is 634 g/mol. The van der Waals surface area contributed by atoms with Crippen molar-refractivity contribution < 1.29 is 27.9 Å². The molecule has 9 atom stereocenters. The van der Waals surface area contributed by atoms with Crippen LogP contribution in [0, 0.1) is 29.1 Å². The molecule has 42 heavy (non-hydrogen) atoms. The molecule has 6 nitrogen and oxygen atoms in total. The maximum Gasteiger partial charge on any atom is 0.308 e. The van der Waals surface area contributed by atoms with Crippen LogP contribution < -0.4 is 0 Å². The van der Waals surface area contributed by atoms with Crippen LogP contribution in [0.3, 0.4) is 0 Å². The van der Waals surface area contributed by atoms with E-state index in [1.165, 1.54) is 5.57 Å². The highest BCUT2D eigenvalue weighted by atomic mass is 31.2. The maximum atomic E-state index is 12.6. The van der Waals surface area contributed by atoms with E-state index in [9.17, 15) is 9.36 Å². The normalized spacial score (nSPS) is 29.8. The van der Waals surface area contributed by atoms with Gasteiger partial charge in [-0.25, -0.2) is 0 Å². The Balaban J connectivity index is 0. The molecule has 0 bridgehead atoms. The number of esters is 1. The van der Waals surface area contributed by atoms with E-state index in [1.807, 2.05) is 48.2 Å². The topological polar surface area (TPSA) is 71.1 Å². The number of methoxy groups -OCH3 is 1. The molecule has 0 radical (unpaired) electrons. The lowest BCUT2D eigenvalue weighted by Crippen LogP contribution is -2.41. The van der Waals surface area contributed by atoms with Gasteiger partial charge < -0.3 is 18.5 Å². The number of hydrogen-bond acceptors (Lipinski definition) is 6. The van der Waals surface area contributed by atoms with Gasteiger partial charge in [0.1, 0.15) is 12.5 Å². The predicted octanol–water partition coefficient (Wildman–Crippen LogP) is 10.5. The molecule has 0 amide bonds. The molecule has 1 aliphatic heterocycles. The Morgan fingerprint density at radius 2 is 1.60 bits per heavy atom. The summed E-state index contributed by atoms with van der Waals surface area (Å²) in [5.41, 5.74) is 1.83. The third-order valence-corrected chi connectivity index (χ3v) is 9.67. The first-order chi connectivity index (χ1) is 19.7. The van der Waals surface area contributed by atoms with E-state index in [1.54, 1.807) is 13.8 Å². The van der Waals surface area contributed by atoms with Crippen LogP contribution in [-0.2, 0) is 27.9 Å². The number of hydrogen-bond donors (Lipinski definition) is 0. The second kappa shape index (κ2) is 22.9. The van der Waals surface area contributed by atoms with Crippen LogP contribution in [-0.4, -0.2) is 51.1 Å². The number of fused-ring (bicyclic) bond motifs is 1. The second-order valence-electron chi connectivity index (χ2n) is 12.4. The zero-order valence-electron chi connectivity index (χ0n) is 29.9. The van der Waals surface area contributed by atoms with Crippen LogP contribution in [0.2, 0.25) is 0 Å². The van der Waals surface area contributed by atoms with Crippen LogP contribution >= 0.6 is 16.2 Å². The van der Waals surface area contributed by atoms with Crippen LogP contribution in [0.5, 0.6) is 0 Å². The molecule has 2 aliphatic carbocycles.